The molecule has 0 aliphatic heterocycles. The van der Waals surface area contributed by atoms with Gasteiger partial charge in [0, 0.05) is 25.9 Å². The molecule has 2 amide bonds. The standard InChI is InChI=1S/C48H66N4O6/c1-45(2,3)37-17-31(18-38(23-37)46(4,5)6)29-57-43(55)15-13-41(53)51-27-35-21-33(25-49)34(26-50)22-36(35)28-52-42(54)14-16-44(56)58-30-32-19-39(47(7,8)9)24-40(20-32)48(10,11)12/h17-20,23-24,33-34H,13-16,21-22,27-30H2,1-12H3,(H,51,53)(H,52,54)/t33-,34-/m1/s1. The lowest BCUT2D eigenvalue weighted by atomic mass is 9.77. The Morgan fingerprint density at radius 1 is 0.534 bits per heavy atom. The number of nitrogens with one attached hydrogen (secondary N) is 2. The summed E-state index contributed by atoms with van der Waals surface area (Å²) in [5, 5.41) is 25.2. The summed E-state index contributed by atoms with van der Waals surface area (Å²) in [6.45, 7) is 26.2. The van der Waals surface area contributed by atoms with Crippen molar-refractivity contribution in [2.45, 2.75) is 156 Å². The first kappa shape index (κ1) is 47.4. The van der Waals surface area contributed by atoms with E-state index in [0.29, 0.717) is 0 Å². The lowest BCUT2D eigenvalue weighted by Gasteiger charge is -2.28. The summed E-state index contributed by atoms with van der Waals surface area (Å²) in [5.74, 6) is -2.79. The molecule has 58 heavy (non-hydrogen) atoms. The second kappa shape index (κ2) is 19.7. The van der Waals surface area contributed by atoms with Crippen molar-refractivity contribution in [3.63, 3.8) is 0 Å². The first-order chi connectivity index (χ1) is 26.8. The Morgan fingerprint density at radius 2 is 0.828 bits per heavy atom. The number of amides is 2. The van der Waals surface area contributed by atoms with Crippen LogP contribution >= 0.6 is 0 Å². The predicted molar refractivity (Wildman–Crippen MR) is 226 cm³/mol. The zero-order chi connectivity index (χ0) is 43.6. The smallest absolute Gasteiger partial charge is 0.306 e. The molecule has 0 unspecified atom stereocenters. The second-order valence-corrected chi connectivity index (χ2v) is 19.8. The quantitative estimate of drug-likeness (QED) is 0.142. The van der Waals surface area contributed by atoms with Crippen LogP contribution in [-0.4, -0.2) is 36.8 Å². The van der Waals surface area contributed by atoms with Crippen LogP contribution in [0, 0.1) is 34.5 Å². The highest BCUT2D eigenvalue weighted by atomic mass is 16.5. The molecular weight excluding hydrogens is 729 g/mol. The Hall–Kier alpha value is -4.96. The molecule has 0 saturated heterocycles. The fraction of sp³-hybridized carbons (Fsp3) is 0.583. The summed E-state index contributed by atoms with van der Waals surface area (Å²) >= 11 is 0. The average Bonchev–Trinajstić information content (AvgIpc) is 3.14. The number of carbonyl (C=O) groups excluding carboxylic acids is 4. The third-order valence-corrected chi connectivity index (χ3v) is 10.6. The van der Waals surface area contributed by atoms with Crippen LogP contribution in [0.1, 0.15) is 155 Å². The molecular formula is C48H66N4O6. The number of nitriles is 2. The van der Waals surface area contributed by atoms with Gasteiger partial charge in [0.1, 0.15) is 13.2 Å². The lowest BCUT2D eigenvalue weighted by Crippen LogP contribution is -2.33. The van der Waals surface area contributed by atoms with Crippen molar-refractivity contribution < 1.29 is 28.7 Å². The zero-order valence-corrected chi connectivity index (χ0v) is 37.0. The number of rotatable bonds is 14. The number of ether oxygens (including phenoxy) is 2. The van der Waals surface area contributed by atoms with Crippen molar-refractivity contribution in [1.29, 1.82) is 10.5 Å². The Labute approximate surface area is 347 Å². The van der Waals surface area contributed by atoms with Gasteiger partial charge in [-0.1, -0.05) is 119 Å². The molecule has 0 aromatic heterocycles. The molecule has 10 nitrogen and oxygen atoms in total. The molecule has 2 atom stereocenters. The summed E-state index contributed by atoms with van der Waals surface area (Å²) < 4.78 is 11.1. The van der Waals surface area contributed by atoms with Gasteiger partial charge >= 0.3 is 11.9 Å². The molecule has 10 heteroatoms. The number of carbonyl (C=O) groups is 4. The van der Waals surface area contributed by atoms with Crippen molar-refractivity contribution in [1.82, 2.24) is 10.6 Å². The normalized spacial score (nSPS) is 16.2. The maximum atomic E-state index is 12.9. The monoisotopic (exact) mass is 794 g/mol. The van der Waals surface area contributed by atoms with Crippen LogP contribution in [0.3, 0.4) is 0 Å². The first-order valence-corrected chi connectivity index (χ1v) is 20.4. The maximum absolute atomic E-state index is 12.9. The van der Waals surface area contributed by atoms with E-state index in [0.717, 1.165) is 44.5 Å². The molecule has 1 aliphatic carbocycles. The molecule has 2 aromatic rings. The summed E-state index contributed by atoms with van der Waals surface area (Å²) in [5.41, 5.74) is 7.64. The molecule has 0 radical (unpaired) electrons. The summed E-state index contributed by atoms with van der Waals surface area (Å²) in [7, 11) is 0. The van der Waals surface area contributed by atoms with Gasteiger partial charge in [-0.3, -0.25) is 19.2 Å². The lowest BCUT2D eigenvalue weighted by molar-refractivity contribution is -0.146. The van der Waals surface area contributed by atoms with Gasteiger partial charge in [0.25, 0.3) is 0 Å². The van der Waals surface area contributed by atoms with E-state index in [1.165, 1.54) is 0 Å². The molecule has 1 aliphatic rings. The third kappa shape index (κ3) is 14.8. The van der Waals surface area contributed by atoms with Gasteiger partial charge in [0.15, 0.2) is 0 Å². The molecule has 314 valence electrons. The van der Waals surface area contributed by atoms with Crippen molar-refractivity contribution >= 4 is 23.8 Å². The van der Waals surface area contributed by atoms with E-state index in [9.17, 15) is 29.7 Å². The SMILES string of the molecule is CC(C)(C)c1cc(COC(=O)CCC(=O)NCC2=C(CNC(=O)CCC(=O)OCc3cc(C(C)(C)C)cc(C(C)(C)C)c3)C[C@H](C#N)[C@@H](C#N)C2)cc(C(C)(C)C)c1. The highest BCUT2D eigenvalue weighted by Gasteiger charge is 2.31. The molecule has 3 rings (SSSR count). The van der Waals surface area contributed by atoms with Crippen molar-refractivity contribution in [2.24, 2.45) is 11.8 Å². The maximum Gasteiger partial charge on any atom is 0.306 e. The summed E-state index contributed by atoms with van der Waals surface area (Å²) in [6.07, 6.45) is 0.190. The van der Waals surface area contributed by atoms with Crippen molar-refractivity contribution in [3.8, 4) is 12.1 Å². The topological polar surface area (TPSA) is 158 Å². The van der Waals surface area contributed by atoms with Gasteiger partial charge in [-0.25, -0.2) is 0 Å². The highest BCUT2D eigenvalue weighted by Crippen LogP contribution is 2.34. The number of esters is 2. The Kier molecular flexibility index (Phi) is 16.1. The zero-order valence-electron chi connectivity index (χ0n) is 37.0. The molecule has 2 N–H and O–H groups in total. The van der Waals surface area contributed by atoms with Gasteiger partial charge in [0.05, 0.1) is 36.8 Å². The third-order valence-electron chi connectivity index (χ3n) is 10.6. The number of nitrogens with zero attached hydrogens (tertiary/aromatic N) is 2. The Balaban J connectivity index is 1.54. The van der Waals surface area contributed by atoms with Gasteiger partial charge < -0.3 is 20.1 Å². The van der Waals surface area contributed by atoms with Crippen LogP contribution in [-0.2, 0) is 63.5 Å². The highest BCUT2D eigenvalue weighted by molar-refractivity contribution is 5.82. The minimum Gasteiger partial charge on any atom is -0.461 e. The van der Waals surface area contributed by atoms with Gasteiger partial charge in [-0.05, 0) is 79.0 Å². The van der Waals surface area contributed by atoms with Crippen LogP contribution in [0.15, 0.2) is 47.5 Å². The number of hydrogen-bond acceptors (Lipinski definition) is 8. The van der Waals surface area contributed by atoms with Crippen LogP contribution < -0.4 is 10.6 Å². The van der Waals surface area contributed by atoms with E-state index < -0.39 is 23.8 Å². The van der Waals surface area contributed by atoms with Gasteiger partial charge in [-0.2, -0.15) is 10.5 Å². The van der Waals surface area contributed by atoms with E-state index in [1.54, 1.807) is 0 Å². The number of hydrogen-bond donors (Lipinski definition) is 2. The van der Waals surface area contributed by atoms with Crippen LogP contribution in [0.5, 0.6) is 0 Å². The Bertz CT molecular complexity index is 1730. The van der Waals surface area contributed by atoms with Crippen molar-refractivity contribution in [3.05, 3.63) is 80.9 Å². The average molecular weight is 795 g/mol. The van der Waals surface area contributed by atoms with Crippen molar-refractivity contribution in [2.75, 3.05) is 13.1 Å². The molecule has 0 heterocycles. The van der Waals surface area contributed by atoms with Gasteiger partial charge in [0.2, 0.25) is 11.8 Å². The van der Waals surface area contributed by atoms with Crippen LogP contribution in [0.2, 0.25) is 0 Å². The van der Waals surface area contributed by atoms with Gasteiger partial charge in [-0.15, -0.1) is 0 Å². The number of benzene rings is 2. The molecule has 0 saturated carbocycles. The predicted octanol–water partition coefficient (Wildman–Crippen LogP) is 8.83. The van der Waals surface area contributed by atoms with E-state index in [1.807, 2.05) is 0 Å². The first-order valence-electron chi connectivity index (χ1n) is 20.4. The van der Waals surface area contributed by atoms with Crippen LogP contribution in [0.25, 0.3) is 0 Å². The second-order valence-electron chi connectivity index (χ2n) is 19.8. The van der Waals surface area contributed by atoms with Crippen LogP contribution in [0.4, 0.5) is 0 Å². The molecule has 2 aromatic carbocycles. The fourth-order valence-corrected chi connectivity index (χ4v) is 6.54. The largest absolute Gasteiger partial charge is 0.461 e. The minimum atomic E-state index is -0.555. The summed E-state index contributed by atoms with van der Waals surface area (Å²) in [4.78, 5) is 51.1. The summed E-state index contributed by atoms with van der Waals surface area (Å²) in [6, 6.07) is 17.1. The Morgan fingerprint density at radius 3 is 1.09 bits per heavy atom. The minimum absolute atomic E-state index is 0.0758. The molecule has 0 bridgehead atoms. The fourth-order valence-electron chi connectivity index (χ4n) is 6.54. The van der Waals surface area contributed by atoms with E-state index in [-0.39, 0.29) is 98.3 Å². The van der Waals surface area contributed by atoms with E-state index >= 15 is 0 Å². The molecule has 0 spiro atoms. The van der Waals surface area contributed by atoms with E-state index in [2.05, 4.69) is 142 Å². The molecule has 0 fully saturated rings. The van der Waals surface area contributed by atoms with E-state index in [4.69, 9.17) is 9.47 Å².